The SMILES string of the molecule is CCCCC/C=C\C/C=C\C/C=C\CCCCCCCCCCC(=O)OCC(O)COP(=O)(O)OCCNC(=O)CCC. The normalized spacial score (nSPS) is 14.0. The summed E-state index contributed by atoms with van der Waals surface area (Å²) in [6.07, 6.45) is 30.8. The lowest BCUT2D eigenvalue weighted by Crippen LogP contribution is -2.27. The lowest BCUT2D eigenvalue weighted by molar-refractivity contribution is -0.147. The van der Waals surface area contributed by atoms with Gasteiger partial charge in [-0.1, -0.05) is 102 Å². The van der Waals surface area contributed by atoms with Crippen molar-refractivity contribution < 1.29 is 37.9 Å². The average molecular weight is 630 g/mol. The van der Waals surface area contributed by atoms with Crippen molar-refractivity contribution in [1.29, 1.82) is 0 Å². The molecule has 0 aliphatic heterocycles. The molecule has 0 aromatic rings. The zero-order chi connectivity index (χ0) is 31.9. The first-order chi connectivity index (χ1) is 20.8. The number of aliphatic hydroxyl groups excluding tert-OH is 1. The second kappa shape index (κ2) is 30.3. The van der Waals surface area contributed by atoms with E-state index in [2.05, 4.69) is 48.7 Å². The number of hydrogen-bond donors (Lipinski definition) is 3. The second-order valence-corrected chi connectivity index (χ2v) is 12.2. The molecule has 0 saturated carbocycles. The van der Waals surface area contributed by atoms with Gasteiger partial charge in [-0.2, -0.15) is 0 Å². The molecule has 2 unspecified atom stereocenters. The molecular formula is C33H60NO8P. The highest BCUT2D eigenvalue weighted by atomic mass is 31.2. The number of aliphatic hydroxyl groups is 1. The van der Waals surface area contributed by atoms with E-state index in [0.29, 0.717) is 12.8 Å². The van der Waals surface area contributed by atoms with Gasteiger partial charge < -0.3 is 20.1 Å². The molecule has 0 saturated heterocycles. The van der Waals surface area contributed by atoms with Crippen molar-refractivity contribution >= 4 is 19.7 Å². The van der Waals surface area contributed by atoms with Crippen LogP contribution in [0.1, 0.15) is 129 Å². The van der Waals surface area contributed by atoms with Crippen LogP contribution >= 0.6 is 7.82 Å². The number of esters is 1. The minimum absolute atomic E-state index is 0.0707. The van der Waals surface area contributed by atoms with Gasteiger partial charge in [0, 0.05) is 19.4 Å². The van der Waals surface area contributed by atoms with Crippen molar-refractivity contribution in [2.75, 3.05) is 26.4 Å². The lowest BCUT2D eigenvalue weighted by Gasteiger charge is -2.15. The first-order valence-corrected chi connectivity index (χ1v) is 18.0. The molecule has 0 aliphatic rings. The first-order valence-electron chi connectivity index (χ1n) is 16.5. The summed E-state index contributed by atoms with van der Waals surface area (Å²) in [5.74, 6) is -0.582. The van der Waals surface area contributed by atoms with E-state index in [-0.39, 0.29) is 32.1 Å². The number of allylic oxidation sites excluding steroid dienone is 6. The van der Waals surface area contributed by atoms with E-state index in [0.717, 1.165) is 44.9 Å². The Morgan fingerprint density at radius 1 is 0.721 bits per heavy atom. The third kappa shape index (κ3) is 31.5. The van der Waals surface area contributed by atoms with E-state index in [1.807, 2.05) is 6.92 Å². The Hall–Kier alpha value is -1.77. The first kappa shape index (κ1) is 41.2. The number of hydrogen-bond acceptors (Lipinski definition) is 7. The predicted octanol–water partition coefficient (Wildman–Crippen LogP) is 7.87. The highest BCUT2D eigenvalue weighted by Crippen LogP contribution is 2.42. The fourth-order valence-corrected chi connectivity index (χ4v) is 4.83. The number of phosphoric acid groups is 1. The smallest absolute Gasteiger partial charge is 0.463 e. The van der Waals surface area contributed by atoms with Crippen molar-refractivity contribution in [2.45, 2.75) is 136 Å². The molecule has 10 heteroatoms. The van der Waals surface area contributed by atoms with Crippen LogP contribution < -0.4 is 5.32 Å². The molecule has 1 amide bonds. The summed E-state index contributed by atoms with van der Waals surface area (Å²) < 4.78 is 26.3. The fraction of sp³-hybridized carbons (Fsp3) is 0.758. The molecule has 3 N–H and O–H groups in total. The highest BCUT2D eigenvalue weighted by molar-refractivity contribution is 7.47. The maximum absolute atomic E-state index is 11.9. The largest absolute Gasteiger partial charge is 0.472 e. The summed E-state index contributed by atoms with van der Waals surface area (Å²) >= 11 is 0. The van der Waals surface area contributed by atoms with Gasteiger partial charge >= 0.3 is 13.8 Å². The van der Waals surface area contributed by atoms with E-state index >= 15 is 0 Å². The Balaban J connectivity index is 3.57. The van der Waals surface area contributed by atoms with Gasteiger partial charge in [0.05, 0.1) is 13.2 Å². The van der Waals surface area contributed by atoms with Crippen LogP contribution in [0.15, 0.2) is 36.5 Å². The fourth-order valence-electron chi connectivity index (χ4n) is 4.08. The van der Waals surface area contributed by atoms with E-state index in [9.17, 15) is 24.2 Å². The number of nitrogens with one attached hydrogen (secondary N) is 1. The maximum Gasteiger partial charge on any atom is 0.472 e. The van der Waals surface area contributed by atoms with Crippen LogP contribution in [0.25, 0.3) is 0 Å². The molecule has 9 nitrogen and oxygen atoms in total. The van der Waals surface area contributed by atoms with Crippen LogP contribution in [-0.4, -0.2) is 54.3 Å². The Morgan fingerprint density at radius 2 is 1.28 bits per heavy atom. The van der Waals surface area contributed by atoms with Crippen LogP contribution in [0, 0.1) is 0 Å². The Kier molecular flexibility index (Phi) is 29.0. The molecular weight excluding hydrogens is 569 g/mol. The van der Waals surface area contributed by atoms with Crippen molar-refractivity contribution in [3.63, 3.8) is 0 Å². The third-order valence-electron chi connectivity index (χ3n) is 6.54. The summed E-state index contributed by atoms with van der Waals surface area (Å²) in [7, 11) is -4.38. The molecule has 0 spiro atoms. The van der Waals surface area contributed by atoms with Gasteiger partial charge in [0.25, 0.3) is 0 Å². The van der Waals surface area contributed by atoms with E-state index in [1.165, 1.54) is 51.4 Å². The van der Waals surface area contributed by atoms with Gasteiger partial charge in [0.15, 0.2) is 0 Å². The Labute approximate surface area is 261 Å². The van der Waals surface area contributed by atoms with Crippen molar-refractivity contribution in [3.8, 4) is 0 Å². The highest BCUT2D eigenvalue weighted by Gasteiger charge is 2.23. The van der Waals surface area contributed by atoms with Gasteiger partial charge in [0.2, 0.25) is 5.91 Å². The van der Waals surface area contributed by atoms with Crippen molar-refractivity contribution in [2.24, 2.45) is 0 Å². The molecule has 0 radical (unpaired) electrons. The molecule has 0 rings (SSSR count). The number of carbonyl (C=O) groups is 2. The average Bonchev–Trinajstić information content (AvgIpc) is 2.98. The molecule has 0 heterocycles. The summed E-state index contributed by atoms with van der Waals surface area (Å²) in [6.45, 7) is 3.12. The summed E-state index contributed by atoms with van der Waals surface area (Å²) in [6, 6.07) is 0. The van der Waals surface area contributed by atoms with E-state index in [4.69, 9.17) is 13.8 Å². The molecule has 0 aromatic carbocycles. The molecule has 43 heavy (non-hydrogen) atoms. The summed E-state index contributed by atoms with van der Waals surface area (Å²) in [5, 5.41) is 12.4. The van der Waals surface area contributed by atoms with Gasteiger partial charge in [-0.05, 0) is 51.4 Å². The zero-order valence-electron chi connectivity index (χ0n) is 26.9. The number of unbranched alkanes of at least 4 members (excludes halogenated alkanes) is 11. The van der Waals surface area contributed by atoms with E-state index in [1.54, 1.807) is 0 Å². The van der Waals surface area contributed by atoms with Crippen LogP contribution in [0.2, 0.25) is 0 Å². The number of carbonyl (C=O) groups excluding carboxylic acids is 2. The molecule has 0 fully saturated rings. The minimum atomic E-state index is -4.38. The van der Waals surface area contributed by atoms with Gasteiger partial charge in [-0.25, -0.2) is 4.57 Å². The molecule has 2 atom stereocenters. The standard InChI is InChI=1S/C33H60NO8P/c1-3-5-6-7-8-9-10-11-12-13-14-15-16-17-18-19-20-21-22-23-24-26-33(37)40-29-31(35)30-42-43(38,39)41-28-27-34-32(36)25-4-2/h8-9,11-12,14-15,31,35H,3-7,10,13,16-30H2,1-2H3,(H,34,36)(H,38,39)/b9-8-,12-11-,15-14-. The Morgan fingerprint density at radius 3 is 1.88 bits per heavy atom. The lowest BCUT2D eigenvalue weighted by atomic mass is 10.1. The van der Waals surface area contributed by atoms with Crippen LogP contribution in [0.3, 0.4) is 0 Å². The van der Waals surface area contributed by atoms with Crippen molar-refractivity contribution in [3.05, 3.63) is 36.5 Å². The monoisotopic (exact) mass is 629 g/mol. The molecule has 0 aromatic heterocycles. The number of phosphoric ester groups is 1. The van der Waals surface area contributed by atoms with Gasteiger partial charge in [-0.15, -0.1) is 0 Å². The van der Waals surface area contributed by atoms with Gasteiger partial charge in [0.1, 0.15) is 12.7 Å². The number of rotatable bonds is 30. The van der Waals surface area contributed by atoms with Crippen LogP contribution in [-0.2, 0) is 27.9 Å². The topological polar surface area (TPSA) is 131 Å². The quantitative estimate of drug-likeness (QED) is 0.0317. The van der Waals surface area contributed by atoms with E-state index < -0.39 is 26.5 Å². The van der Waals surface area contributed by atoms with Crippen LogP contribution in [0.5, 0.6) is 0 Å². The maximum atomic E-state index is 11.9. The second-order valence-electron chi connectivity index (χ2n) is 10.8. The third-order valence-corrected chi connectivity index (χ3v) is 7.53. The Bertz CT molecular complexity index is 815. The van der Waals surface area contributed by atoms with Gasteiger partial charge in [-0.3, -0.25) is 18.6 Å². The summed E-state index contributed by atoms with van der Waals surface area (Å²) in [4.78, 5) is 32.8. The van der Waals surface area contributed by atoms with Crippen molar-refractivity contribution in [1.82, 2.24) is 5.32 Å². The van der Waals surface area contributed by atoms with Crippen LogP contribution in [0.4, 0.5) is 0 Å². The zero-order valence-corrected chi connectivity index (χ0v) is 27.8. The predicted molar refractivity (Wildman–Crippen MR) is 174 cm³/mol. The molecule has 0 bridgehead atoms. The number of ether oxygens (including phenoxy) is 1. The minimum Gasteiger partial charge on any atom is -0.463 e. The number of amides is 1. The molecule has 250 valence electrons. The molecule has 0 aliphatic carbocycles. The summed E-state index contributed by atoms with van der Waals surface area (Å²) in [5.41, 5.74) is 0.